The lowest BCUT2D eigenvalue weighted by Gasteiger charge is -2.53. The Morgan fingerprint density at radius 1 is 1.24 bits per heavy atom. The minimum absolute atomic E-state index is 0.0159. The number of fused-ring (bicyclic) bond motifs is 2. The van der Waals surface area contributed by atoms with Gasteiger partial charge in [0.1, 0.15) is 35.5 Å². The highest BCUT2D eigenvalue weighted by Crippen LogP contribution is 2.51. The Labute approximate surface area is 227 Å². The number of ether oxygens (including phenoxy) is 1. The van der Waals surface area contributed by atoms with Crippen LogP contribution in [0.3, 0.4) is 0 Å². The van der Waals surface area contributed by atoms with Crippen LogP contribution in [-0.2, 0) is 11.8 Å². The number of likely N-dealkylation sites (tertiary alicyclic amines) is 1. The predicted octanol–water partition coefficient (Wildman–Crippen LogP) is 2.86. The number of hydrogen-bond acceptors (Lipinski definition) is 10. The SMILES string of the molecule is CN1C[C@H](F)C[C@H]1COc1nc(N2CC3(CCCc4sc(N)c(C#N)c43)C2)cc(N2CCC[C@@](C)(O)C2)n1. The second-order valence-corrected chi connectivity index (χ2v) is 13.0. The molecule has 3 saturated heterocycles. The molecule has 1 spiro atoms. The molecule has 5 heterocycles. The summed E-state index contributed by atoms with van der Waals surface area (Å²) in [6, 6.07) is 4.61. The first-order valence-electron chi connectivity index (χ1n) is 13.6. The van der Waals surface area contributed by atoms with Gasteiger partial charge < -0.3 is 25.4 Å². The van der Waals surface area contributed by atoms with Gasteiger partial charge >= 0.3 is 6.01 Å². The third-order valence-electron chi connectivity index (χ3n) is 8.74. The normalized spacial score (nSPS) is 28.7. The molecular formula is C27H36FN7O2S. The van der Waals surface area contributed by atoms with E-state index in [1.54, 1.807) is 11.3 Å². The summed E-state index contributed by atoms with van der Waals surface area (Å²) in [6.07, 6.45) is 4.32. The molecule has 204 valence electrons. The van der Waals surface area contributed by atoms with Gasteiger partial charge in [0, 0.05) is 55.1 Å². The number of hydrogen-bond donors (Lipinski definition) is 2. The zero-order valence-corrected chi connectivity index (χ0v) is 22.9. The number of aryl methyl sites for hydroxylation is 1. The van der Waals surface area contributed by atoms with Crippen LogP contribution in [0, 0.1) is 11.3 Å². The number of halogens is 1. The summed E-state index contributed by atoms with van der Waals surface area (Å²) >= 11 is 1.56. The molecule has 3 aliphatic heterocycles. The number of aromatic nitrogens is 2. The average molecular weight is 542 g/mol. The van der Waals surface area contributed by atoms with E-state index in [2.05, 4.69) is 15.9 Å². The van der Waals surface area contributed by atoms with Crippen molar-refractivity contribution in [3.05, 3.63) is 22.1 Å². The molecule has 1 aliphatic carbocycles. The molecule has 0 radical (unpaired) electrons. The molecule has 0 bridgehead atoms. The van der Waals surface area contributed by atoms with Crippen molar-refractivity contribution >= 4 is 28.0 Å². The Balaban J connectivity index is 1.27. The van der Waals surface area contributed by atoms with E-state index in [4.69, 9.17) is 20.4 Å². The van der Waals surface area contributed by atoms with E-state index in [1.165, 1.54) is 4.88 Å². The second kappa shape index (κ2) is 9.50. The molecule has 3 fully saturated rings. The van der Waals surface area contributed by atoms with Gasteiger partial charge in [0.2, 0.25) is 0 Å². The fraction of sp³-hybridized carbons (Fsp3) is 0.667. The number of nitrogens with two attached hydrogens (primary N) is 1. The van der Waals surface area contributed by atoms with Crippen LogP contribution in [-0.4, -0.2) is 84.2 Å². The number of likely N-dealkylation sites (N-methyl/N-ethyl adjacent to an activating group) is 1. The molecule has 11 heteroatoms. The van der Waals surface area contributed by atoms with Crippen LogP contribution in [0.1, 0.15) is 55.0 Å². The standard InChI is InChI=1S/C27H36FN7O2S/c1-26(36)6-4-8-34(14-26)21-10-22(32-25(31-21)37-13-18-9-17(28)12-33(18)2)35-15-27(16-35)7-3-5-20-23(27)19(11-29)24(30)38-20/h10,17-18,36H,3-9,12-16,30H2,1-2H3/t17-,18+,26-/m1/s1. The van der Waals surface area contributed by atoms with E-state index in [0.717, 1.165) is 68.9 Å². The van der Waals surface area contributed by atoms with Gasteiger partial charge in [-0.2, -0.15) is 15.2 Å². The number of aliphatic hydroxyl groups is 1. The fourth-order valence-corrected chi connectivity index (χ4v) is 7.98. The van der Waals surface area contributed by atoms with Gasteiger partial charge in [-0.05, 0) is 58.1 Å². The number of rotatable bonds is 5. The minimum atomic E-state index is -0.839. The van der Waals surface area contributed by atoms with E-state index in [-0.39, 0.29) is 17.5 Å². The number of β-amino-alcohol motifs (C(OH)–C–C–N with tert-alkyl or cyclic N) is 1. The summed E-state index contributed by atoms with van der Waals surface area (Å²) < 4.78 is 20.0. The number of anilines is 3. The maximum atomic E-state index is 13.9. The second-order valence-electron chi connectivity index (χ2n) is 11.9. The van der Waals surface area contributed by atoms with Crippen LogP contribution in [0.25, 0.3) is 0 Å². The van der Waals surface area contributed by atoms with Gasteiger partial charge in [0.15, 0.2) is 0 Å². The van der Waals surface area contributed by atoms with Crippen molar-refractivity contribution in [2.24, 2.45) is 0 Å². The number of piperidine rings is 1. The van der Waals surface area contributed by atoms with Gasteiger partial charge in [-0.15, -0.1) is 11.3 Å². The summed E-state index contributed by atoms with van der Waals surface area (Å²) in [5.74, 6) is 1.51. The largest absolute Gasteiger partial charge is 0.462 e. The molecule has 0 aromatic carbocycles. The molecule has 2 aromatic rings. The molecule has 0 amide bonds. The number of nitrogen functional groups attached to an aromatic ring is 1. The van der Waals surface area contributed by atoms with Crippen molar-refractivity contribution in [1.82, 2.24) is 14.9 Å². The van der Waals surface area contributed by atoms with Crippen LogP contribution in [0.15, 0.2) is 6.07 Å². The molecule has 2 aromatic heterocycles. The van der Waals surface area contributed by atoms with E-state index in [0.29, 0.717) is 36.7 Å². The summed E-state index contributed by atoms with van der Waals surface area (Å²) in [5.41, 5.74) is 7.15. The van der Waals surface area contributed by atoms with Crippen LogP contribution in [0.5, 0.6) is 6.01 Å². The molecule has 9 nitrogen and oxygen atoms in total. The lowest BCUT2D eigenvalue weighted by Crippen LogP contribution is -2.61. The maximum absolute atomic E-state index is 13.9. The molecule has 4 aliphatic rings. The Bertz CT molecular complexity index is 1250. The molecule has 3 N–H and O–H groups in total. The Morgan fingerprint density at radius 2 is 2.00 bits per heavy atom. The topological polar surface area (TPSA) is 115 Å². The van der Waals surface area contributed by atoms with Crippen molar-refractivity contribution in [2.45, 2.75) is 68.7 Å². The zero-order chi connectivity index (χ0) is 26.7. The highest BCUT2D eigenvalue weighted by molar-refractivity contribution is 7.16. The quantitative estimate of drug-likeness (QED) is 0.590. The van der Waals surface area contributed by atoms with Crippen LogP contribution in [0.4, 0.5) is 21.0 Å². The molecule has 0 saturated carbocycles. The van der Waals surface area contributed by atoms with Crippen molar-refractivity contribution in [3.63, 3.8) is 0 Å². The lowest BCUT2D eigenvalue weighted by atomic mass is 9.66. The summed E-state index contributed by atoms with van der Waals surface area (Å²) in [7, 11) is 1.91. The first-order valence-corrected chi connectivity index (χ1v) is 14.4. The molecular weight excluding hydrogens is 505 g/mol. The first kappa shape index (κ1) is 25.6. The average Bonchev–Trinajstić information content (AvgIpc) is 3.36. The Hall–Kier alpha value is -2.68. The van der Waals surface area contributed by atoms with E-state index >= 15 is 0 Å². The number of nitrogens with zero attached hydrogens (tertiary/aromatic N) is 6. The van der Waals surface area contributed by atoms with Crippen molar-refractivity contribution < 1.29 is 14.2 Å². The van der Waals surface area contributed by atoms with Crippen LogP contribution >= 0.6 is 11.3 Å². The minimum Gasteiger partial charge on any atom is -0.462 e. The predicted molar refractivity (Wildman–Crippen MR) is 146 cm³/mol. The first-order chi connectivity index (χ1) is 18.2. The maximum Gasteiger partial charge on any atom is 0.320 e. The van der Waals surface area contributed by atoms with Crippen molar-refractivity contribution in [2.75, 3.05) is 61.9 Å². The van der Waals surface area contributed by atoms with Gasteiger partial charge in [-0.3, -0.25) is 4.90 Å². The van der Waals surface area contributed by atoms with Crippen LogP contribution < -0.4 is 20.3 Å². The Morgan fingerprint density at radius 3 is 2.68 bits per heavy atom. The van der Waals surface area contributed by atoms with Gasteiger partial charge in [-0.1, -0.05) is 0 Å². The van der Waals surface area contributed by atoms with E-state index in [9.17, 15) is 14.8 Å². The number of thiophene rings is 1. The van der Waals surface area contributed by atoms with Gasteiger partial charge in [0.25, 0.3) is 0 Å². The van der Waals surface area contributed by atoms with Crippen molar-refractivity contribution in [3.8, 4) is 12.1 Å². The number of nitriles is 1. The van der Waals surface area contributed by atoms with E-state index < -0.39 is 11.8 Å². The fourth-order valence-electron chi connectivity index (χ4n) is 6.80. The summed E-state index contributed by atoms with van der Waals surface area (Å²) in [5, 5.41) is 21.2. The monoisotopic (exact) mass is 541 g/mol. The van der Waals surface area contributed by atoms with Crippen molar-refractivity contribution in [1.29, 1.82) is 5.26 Å². The molecule has 38 heavy (non-hydrogen) atoms. The molecule has 6 rings (SSSR count). The zero-order valence-electron chi connectivity index (χ0n) is 22.1. The highest BCUT2D eigenvalue weighted by atomic mass is 32.1. The Kier molecular flexibility index (Phi) is 6.40. The third kappa shape index (κ3) is 4.56. The van der Waals surface area contributed by atoms with Gasteiger partial charge in [0.05, 0.1) is 11.2 Å². The smallest absolute Gasteiger partial charge is 0.320 e. The highest BCUT2D eigenvalue weighted by Gasteiger charge is 2.50. The summed E-state index contributed by atoms with van der Waals surface area (Å²) in [6.45, 7) is 5.41. The molecule has 3 atom stereocenters. The lowest BCUT2D eigenvalue weighted by molar-refractivity contribution is 0.0446. The molecule has 0 unspecified atom stereocenters. The van der Waals surface area contributed by atoms with E-state index in [1.807, 2.05) is 24.9 Å². The van der Waals surface area contributed by atoms with Crippen LogP contribution in [0.2, 0.25) is 0 Å². The third-order valence-corrected chi connectivity index (χ3v) is 9.82. The number of alkyl halides is 1. The summed E-state index contributed by atoms with van der Waals surface area (Å²) in [4.78, 5) is 17.1. The van der Waals surface area contributed by atoms with Gasteiger partial charge in [-0.25, -0.2) is 4.39 Å².